The molecule has 5 heteroatoms. The topological polar surface area (TPSA) is 55.4 Å². The number of para-hydroxylation sites is 1. The van der Waals surface area contributed by atoms with Crippen LogP contribution in [0.2, 0.25) is 0 Å². The van der Waals surface area contributed by atoms with Crippen LogP contribution in [0.3, 0.4) is 0 Å². The first-order valence-electron chi connectivity index (χ1n) is 8.16. The Bertz CT molecular complexity index is 786. The van der Waals surface area contributed by atoms with E-state index in [0.29, 0.717) is 0 Å². The Balaban J connectivity index is 2.10. The number of carbonyl (C=O) groups is 2. The van der Waals surface area contributed by atoms with Gasteiger partial charge in [0, 0.05) is 5.69 Å². The molecule has 0 fully saturated rings. The lowest BCUT2D eigenvalue weighted by Crippen LogP contribution is -2.30. The Morgan fingerprint density at radius 1 is 1.08 bits per heavy atom. The van der Waals surface area contributed by atoms with Crippen molar-refractivity contribution in [2.24, 2.45) is 0 Å². The maximum atomic E-state index is 13.2. The third kappa shape index (κ3) is 4.66. The van der Waals surface area contributed by atoms with Crippen LogP contribution >= 0.6 is 0 Å². The number of nitrogens with one attached hydrogen (secondary N) is 1. The Hall–Kier alpha value is -2.69. The molecule has 1 N–H and O–H groups in total. The lowest BCUT2D eigenvalue weighted by molar-refractivity contribution is -0.123. The van der Waals surface area contributed by atoms with E-state index in [1.807, 2.05) is 39.0 Å². The van der Waals surface area contributed by atoms with E-state index >= 15 is 0 Å². The van der Waals surface area contributed by atoms with Crippen LogP contribution in [0.25, 0.3) is 0 Å². The van der Waals surface area contributed by atoms with Gasteiger partial charge in [-0.1, -0.05) is 38.1 Å². The van der Waals surface area contributed by atoms with Gasteiger partial charge in [0.1, 0.15) is 5.82 Å². The number of rotatable bonds is 5. The van der Waals surface area contributed by atoms with Gasteiger partial charge in [0.25, 0.3) is 5.91 Å². The van der Waals surface area contributed by atoms with Crippen LogP contribution in [0.1, 0.15) is 48.2 Å². The summed E-state index contributed by atoms with van der Waals surface area (Å²) in [6.45, 7) is 7.47. The summed E-state index contributed by atoms with van der Waals surface area (Å²) >= 11 is 0. The number of carbonyl (C=O) groups excluding carboxylic acids is 2. The minimum atomic E-state index is -1.00. The average Bonchev–Trinajstić information content (AvgIpc) is 2.56. The molecule has 0 saturated heterocycles. The molecule has 0 aliphatic rings. The van der Waals surface area contributed by atoms with Gasteiger partial charge in [0.2, 0.25) is 0 Å². The van der Waals surface area contributed by atoms with Crippen LogP contribution in [0, 0.1) is 12.7 Å². The standard InChI is InChI=1S/C20H22FNO3/c1-12(2)17-10-5-7-13(3)18(17)22-19(23)14(4)25-20(24)15-8-6-9-16(21)11-15/h5-12,14H,1-4H3,(H,22,23)/t14-/m0/s1. The van der Waals surface area contributed by atoms with Crippen molar-refractivity contribution >= 4 is 17.6 Å². The second-order valence-corrected chi connectivity index (χ2v) is 6.24. The van der Waals surface area contributed by atoms with Crippen molar-refractivity contribution in [2.45, 2.75) is 39.7 Å². The Morgan fingerprint density at radius 3 is 2.40 bits per heavy atom. The van der Waals surface area contributed by atoms with E-state index in [1.54, 1.807) is 0 Å². The maximum absolute atomic E-state index is 13.2. The van der Waals surface area contributed by atoms with Gasteiger partial charge in [-0.15, -0.1) is 0 Å². The van der Waals surface area contributed by atoms with E-state index in [-0.39, 0.29) is 11.5 Å². The Kier molecular flexibility index (Phi) is 5.91. The highest BCUT2D eigenvalue weighted by Gasteiger charge is 2.21. The van der Waals surface area contributed by atoms with Crippen molar-refractivity contribution in [2.75, 3.05) is 5.32 Å². The molecular weight excluding hydrogens is 321 g/mol. The number of esters is 1. The zero-order valence-corrected chi connectivity index (χ0v) is 14.8. The average molecular weight is 343 g/mol. The van der Waals surface area contributed by atoms with Gasteiger partial charge in [0.05, 0.1) is 5.56 Å². The number of hydrogen-bond acceptors (Lipinski definition) is 3. The number of ether oxygens (including phenoxy) is 1. The molecule has 25 heavy (non-hydrogen) atoms. The highest BCUT2D eigenvalue weighted by atomic mass is 19.1. The SMILES string of the molecule is Cc1cccc(C(C)C)c1NC(=O)[C@H](C)OC(=O)c1cccc(F)c1. The molecule has 0 aromatic heterocycles. The number of anilines is 1. The molecule has 1 atom stereocenters. The quantitative estimate of drug-likeness (QED) is 0.817. The van der Waals surface area contributed by atoms with Crippen molar-refractivity contribution in [3.8, 4) is 0 Å². The first-order chi connectivity index (χ1) is 11.8. The molecule has 132 valence electrons. The number of hydrogen-bond donors (Lipinski definition) is 1. The lowest BCUT2D eigenvalue weighted by atomic mass is 9.98. The molecular formula is C20H22FNO3. The third-order valence-electron chi connectivity index (χ3n) is 3.89. The molecule has 0 saturated carbocycles. The second-order valence-electron chi connectivity index (χ2n) is 6.24. The fourth-order valence-corrected chi connectivity index (χ4v) is 2.46. The third-order valence-corrected chi connectivity index (χ3v) is 3.89. The zero-order valence-electron chi connectivity index (χ0n) is 14.8. The minimum absolute atomic E-state index is 0.0680. The molecule has 0 bridgehead atoms. The molecule has 0 radical (unpaired) electrons. The number of amides is 1. The largest absolute Gasteiger partial charge is 0.449 e. The van der Waals surface area contributed by atoms with Gasteiger partial charge in [0.15, 0.2) is 6.10 Å². The van der Waals surface area contributed by atoms with Gasteiger partial charge in [-0.2, -0.15) is 0 Å². The van der Waals surface area contributed by atoms with Crippen molar-refractivity contribution in [3.63, 3.8) is 0 Å². The molecule has 2 aromatic carbocycles. The summed E-state index contributed by atoms with van der Waals surface area (Å²) in [5, 5.41) is 2.84. The van der Waals surface area contributed by atoms with Crippen LogP contribution in [0.4, 0.5) is 10.1 Å². The van der Waals surface area contributed by atoms with E-state index in [4.69, 9.17) is 4.74 Å². The Morgan fingerprint density at radius 2 is 1.76 bits per heavy atom. The zero-order chi connectivity index (χ0) is 18.6. The molecule has 1 amide bonds. The van der Waals surface area contributed by atoms with Crippen LogP contribution in [0.5, 0.6) is 0 Å². The fourth-order valence-electron chi connectivity index (χ4n) is 2.46. The summed E-state index contributed by atoms with van der Waals surface area (Å²) in [5.41, 5.74) is 2.75. The summed E-state index contributed by atoms with van der Waals surface area (Å²) in [6.07, 6.45) is -1.00. The van der Waals surface area contributed by atoms with Gasteiger partial charge in [-0.25, -0.2) is 9.18 Å². The summed E-state index contributed by atoms with van der Waals surface area (Å²) in [7, 11) is 0. The normalized spacial score (nSPS) is 11.9. The van der Waals surface area contributed by atoms with E-state index in [2.05, 4.69) is 5.32 Å². The van der Waals surface area contributed by atoms with Crippen molar-refractivity contribution in [3.05, 3.63) is 65.0 Å². The van der Waals surface area contributed by atoms with Gasteiger partial charge in [-0.05, 0) is 49.1 Å². The van der Waals surface area contributed by atoms with Gasteiger partial charge in [-0.3, -0.25) is 4.79 Å². The summed E-state index contributed by atoms with van der Waals surface area (Å²) in [5.74, 6) is -1.47. The van der Waals surface area contributed by atoms with E-state index in [9.17, 15) is 14.0 Å². The molecule has 2 rings (SSSR count). The number of benzene rings is 2. The van der Waals surface area contributed by atoms with E-state index < -0.39 is 23.8 Å². The molecule has 2 aromatic rings. The molecule has 0 aliphatic heterocycles. The lowest BCUT2D eigenvalue weighted by Gasteiger charge is -2.19. The van der Waals surface area contributed by atoms with Gasteiger partial charge < -0.3 is 10.1 Å². The monoisotopic (exact) mass is 343 g/mol. The smallest absolute Gasteiger partial charge is 0.339 e. The predicted octanol–water partition coefficient (Wildman–Crippen LogP) is 4.44. The van der Waals surface area contributed by atoms with Crippen molar-refractivity contribution in [1.29, 1.82) is 0 Å². The van der Waals surface area contributed by atoms with E-state index in [0.717, 1.165) is 22.9 Å². The van der Waals surface area contributed by atoms with Crippen LogP contribution < -0.4 is 5.32 Å². The molecule has 4 nitrogen and oxygen atoms in total. The molecule has 0 spiro atoms. The molecule has 0 unspecified atom stereocenters. The van der Waals surface area contributed by atoms with Crippen LogP contribution in [-0.2, 0) is 9.53 Å². The van der Waals surface area contributed by atoms with Crippen LogP contribution in [-0.4, -0.2) is 18.0 Å². The summed E-state index contributed by atoms with van der Waals surface area (Å²) in [4.78, 5) is 24.4. The van der Waals surface area contributed by atoms with E-state index in [1.165, 1.54) is 25.1 Å². The first-order valence-corrected chi connectivity index (χ1v) is 8.16. The molecule has 0 heterocycles. The summed E-state index contributed by atoms with van der Waals surface area (Å²) < 4.78 is 18.3. The summed E-state index contributed by atoms with van der Waals surface area (Å²) in [6, 6.07) is 11.0. The Labute approximate surface area is 147 Å². The van der Waals surface area contributed by atoms with Crippen LogP contribution in [0.15, 0.2) is 42.5 Å². The number of halogens is 1. The number of aryl methyl sites for hydroxylation is 1. The maximum Gasteiger partial charge on any atom is 0.339 e. The predicted molar refractivity (Wildman–Crippen MR) is 95.2 cm³/mol. The first kappa shape index (κ1) is 18.6. The minimum Gasteiger partial charge on any atom is -0.449 e. The van der Waals surface area contributed by atoms with Crippen molar-refractivity contribution < 1.29 is 18.7 Å². The highest BCUT2D eigenvalue weighted by Crippen LogP contribution is 2.27. The molecule has 0 aliphatic carbocycles. The highest BCUT2D eigenvalue weighted by molar-refractivity contribution is 5.98. The fraction of sp³-hybridized carbons (Fsp3) is 0.300. The van der Waals surface area contributed by atoms with Gasteiger partial charge >= 0.3 is 5.97 Å². The second kappa shape index (κ2) is 7.92. The van der Waals surface area contributed by atoms with Crippen molar-refractivity contribution in [1.82, 2.24) is 0 Å².